The summed E-state index contributed by atoms with van der Waals surface area (Å²) in [5, 5.41) is 4.97. The summed E-state index contributed by atoms with van der Waals surface area (Å²) in [4.78, 5) is 8.54. The van der Waals surface area contributed by atoms with Crippen LogP contribution in [0.2, 0.25) is 0 Å². The van der Waals surface area contributed by atoms with Crippen LogP contribution < -0.4 is 4.72 Å². The van der Waals surface area contributed by atoms with Gasteiger partial charge in [0, 0.05) is 24.5 Å². The molecule has 0 spiro atoms. The lowest BCUT2D eigenvalue weighted by Gasteiger charge is -2.08. The number of sulfonamides is 1. The van der Waals surface area contributed by atoms with Gasteiger partial charge in [-0.3, -0.25) is 4.98 Å². The molecule has 0 fully saturated rings. The molecule has 2 heterocycles. The fourth-order valence-electron chi connectivity index (χ4n) is 2.21. The number of nitrogens with zero attached hydrogens (tertiary/aromatic N) is 4. The Labute approximate surface area is 134 Å². The Balaban J connectivity index is 2.05. The Morgan fingerprint density at radius 3 is 2.61 bits per heavy atom. The van der Waals surface area contributed by atoms with Crippen LogP contribution in [0.3, 0.4) is 0 Å². The smallest absolute Gasteiger partial charge is 0.255 e. The van der Waals surface area contributed by atoms with Crippen molar-refractivity contribution in [1.29, 1.82) is 0 Å². The number of para-hydroxylation sites is 1. The van der Waals surface area contributed by atoms with Crippen molar-refractivity contribution >= 4 is 26.9 Å². The van der Waals surface area contributed by atoms with Crippen molar-refractivity contribution in [2.45, 2.75) is 24.7 Å². The molecule has 0 saturated carbocycles. The van der Waals surface area contributed by atoms with Crippen molar-refractivity contribution in [3.8, 4) is 0 Å². The van der Waals surface area contributed by atoms with E-state index in [1.807, 2.05) is 26.0 Å². The van der Waals surface area contributed by atoms with Crippen LogP contribution in [-0.2, 0) is 17.1 Å². The van der Waals surface area contributed by atoms with Gasteiger partial charge in [0.2, 0.25) is 5.95 Å². The van der Waals surface area contributed by atoms with Crippen LogP contribution in [0.5, 0.6) is 0 Å². The van der Waals surface area contributed by atoms with E-state index in [2.05, 4.69) is 19.8 Å². The first-order valence-corrected chi connectivity index (χ1v) is 8.64. The molecular weight excluding hydrogens is 314 g/mol. The maximum atomic E-state index is 12.7. The molecule has 7 nitrogen and oxygen atoms in total. The van der Waals surface area contributed by atoms with Gasteiger partial charge in [0.25, 0.3) is 10.0 Å². The number of nitrogens with one attached hydrogen (secondary N) is 1. The van der Waals surface area contributed by atoms with E-state index in [-0.39, 0.29) is 16.8 Å². The molecule has 23 heavy (non-hydrogen) atoms. The third-order valence-electron chi connectivity index (χ3n) is 3.41. The van der Waals surface area contributed by atoms with Crippen molar-refractivity contribution < 1.29 is 8.42 Å². The number of hydrogen-bond acceptors (Lipinski definition) is 5. The number of hydrogen-bond donors (Lipinski definition) is 1. The second-order valence-corrected chi connectivity index (χ2v) is 7.16. The van der Waals surface area contributed by atoms with Gasteiger partial charge in [-0.15, -0.1) is 0 Å². The molecule has 2 aromatic heterocycles. The number of anilines is 1. The van der Waals surface area contributed by atoms with Crippen LogP contribution in [-0.4, -0.2) is 28.2 Å². The van der Waals surface area contributed by atoms with Crippen LogP contribution in [0.4, 0.5) is 5.95 Å². The molecule has 120 valence electrons. The Hall–Kier alpha value is -2.48. The number of fused-ring (bicyclic) bond motifs is 1. The van der Waals surface area contributed by atoms with Gasteiger partial charge in [-0.1, -0.05) is 32.0 Å². The summed E-state index contributed by atoms with van der Waals surface area (Å²) < 4.78 is 29.3. The predicted molar refractivity (Wildman–Crippen MR) is 87.6 cm³/mol. The predicted octanol–water partition coefficient (Wildman–Crippen LogP) is 2.29. The first-order chi connectivity index (χ1) is 10.9. The van der Waals surface area contributed by atoms with Gasteiger partial charge in [-0.2, -0.15) is 10.1 Å². The molecule has 0 aliphatic carbocycles. The largest absolute Gasteiger partial charge is 0.266 e. The lowest BCUT2D eigenvalue weighted by Crippen LogP contribution is -2.16. The van der Waals surface area contributed by atoms with E-state index in [1.54, 1.807) is 25.4 Å². The average Bonchev–Trinajstić information content (AvgIpc) is 2.87. The third-order valence-corrected chi connectivity index (χ3v) is 4.77. The quantitative estimate of drug-likeness (QED) is 0.792. The van der Waals surface area contributed by atoms with E-state index in [9.17, 15) is 8.42 Å². The monoisotopic (exact) mass is 331 g/mol. The molecule has 3 aromatic rings. The Morgan fingerprint density at radius 1 is 1.17 bits per heavy atom. The Bertz CT molecular complexity index is 958. The summed E-state index contributed by atoms with van der Waals surface area (Å²) in [5.41, 5.74) is 0.425. The minimum atomic E-state index is -3.81. The molecule has 1 N–H and O–H groups in total. The highest BCUT2D eigenvalue weighted by Crippen LogP contribution is 2.23. The summed E-state index contributed by atoms with van der Waals surface area (Å²) in [6.07, 6.45) is 1.57. The summed E-state index contributed by atoms with van der Waals surface area (Å²) in [6, 6.07) is 8.62. The number of pyridine rings is 1. The molecule has 0 amide bonds. The fourth-order valence-corrected chi connectivity index (χ4v) is 3.42. The van der Waals surface area contributed by atoms with E-state index in [4.69, 9.17) is 0 Å². The molecule has 3 rings (SSSR count). The number of rotatable bonds is 4. The zero-order chi connectivity index (χ0) is 16.6. The molecule has 0 aliphatic heterocycles. The van der Waals surface area contributed by atoms with Gasteiger partial charge >= 0.3 is 0 Å². The van der Waals surface area contributed by atoms with E-state index in [1.165, 1.54) is 10.7 Å². The second-order valence-electron chi connectivity index (χ2n) is 5.51. The van der Waals surface area contributed by atoms with Crippen LogP contribution in [0, 0.1) is 0 Å². The van der Waals surface area contributed by atoms with Crippen LogP contribution in [0.15, 0.2) is 41.4 Å². The van der Waals surface area contributed by atoms with E-state index < -0.39 is 10.0 Å². The zero-order valence-electron chi connectivity index (χ0n) is 13.1. The van der Waals surface area contributed by atoms with E-state index >= 15 is 0 Å². The van der Waals surface area contributed by atoms with E-state index in [0.29, 0.717) is 11.3 Å². The van der Waals surface area contributed by atoms with Crippen molar-refractivity contribution in [3.63, 3.8) is 0 Å². The molecule has 0 atom stereocenters. The number of aromatic nitrogens is 4. The lowest BCUT2D eigenvalue weighted by atomic mass is 10.2. The number of aryl methyl sites for hydroxylation is 1. The van der Waals surface area contributed by atoms with Gasteiger partial charge in [-0.25, -0.2) is 17.8 Å². The topological polar surface area (TPSA) is 89.8 Å². The average molecular weight is 331 g/mol. The highest BCUT2D eigenvalue weighted by Gasteiger charge is 2.21. The molecule has 8 heteroatoms. The minimum absolute atomic E-state index is 0.110. The zero-order valence-corrected chi connectivity index (χ0v) is 13.9. The minimum Gasteiger partial charge on any atom is -0.255 e. The SMILES string of the molecule is CC(C)c1nc(NS(=O)(=O)c2cccc3cccnc23)n(C)n1. The van der Waals surface area contributed by atoms with Gasteiger partial charge in [0.1, 0.15) is 4.90 Å². The highest BCUT2D eigenvalue weighted by molar-refractivity contribution is 7.93. The maximum absolute atomic E-state index is 12.7. The molecule has 0 saturated heterocycles. The van der Waals surface area contributed by atoms with Gasteiger partial charge < -0.3 is 0 Å². The summed E-state index contributed by atoms with van der Waals surface area (Å²) in [7, 11) is -2.16. The van der Waals surface area contributed by atoms with Crippen molar-refractivity contribution in [2.75, 3.05) is 4.72 Å². The first kappa shape index (κ1) is 15.4. The number of benzene rings is 1. The van der Waals surface area contributed by atoms with Crippen molar-refractivity contribution in [1.82, 2.24) is 19.7 Å². The first-order valence-electron chi connectivity index (χ1n) is 7.16. The van der Waals surface area contributed by atoms with Gasteiger partial charge in [-0.05, 0) is 12.1 Å². The lowest BCUT2D eigenvalue weighted by molar-refractivity contribution is 0.600. The summed E-state index contributed by atoms with van der Waals surface area (Å²) in [5.74, 6) is 0.876. The Morgan fingerprint density at radius 2 is 1.91 bits per heavy atom. The molecular formula is C15H17N5O2S. The second kappa shape index (κ2) is 5.62. The Kier molecular flexibility index (Phi) is 3.77. The maximum Gasteiger partial charge on any atom is 0.266 e. The van der Waals surface area contributed by atoms with Crippen LogP contribution >= 0.6 is 0 Å². The van der Waals surface area contributed by atoms with Crippen LogP contribution in [0.25, 0.3) is 10.9 Å². The fraction of sp³-hybridized carbons (Fsp3) is 0.267. The molecule has 0 unspecified atom stereocenters. The standard InChI is InChI=1S/C15H17N5O2S/c1-10(2)14-17-15(20(3)18-14)19-23(21,22)12-8-4-6-11-7-5-9-16-13(11)12/h4-10H,1-3H3,(H,17,18,19). The van der Waals surface area contributed by atoms with Crippen LogP contribution in [0.1, 0.15) is 25.6 Å². The van der Waals surface area contributed by atoms with E-state index in [0.717, 1.165) is 5.39 Å². The van der Waals surface area contributed by atoms with Crippen molar-refractivity contribution in [3.05, 3.63) is 42.4 Å². The summed E-state index contributed by atoms with van der Waals surface area (Å²) in [6.45, 7) is 3.89. The normalized spacial score (nSPS) is 12.0. The molecule has 0 aliphatic rings. The molecule has 0 bridgehead atoms. The molecule has 1 aromatic carbocycles. The highest BCUT2D eigenvalue weighted by atomic mass is 32.2. The van der Waals surface area contributed by atoms with Gasteiger partial charge in [0.05, 0.1) is 5.52 Å². The molecule has 0 radical (unpaired) electrons. The summed E-state index contributed by atoms with van der Waals surface area (Å²) >= 11 is 0. The third kappa shape index (κ3) is 2.89. The van der Waals surface area contributed by atoms with Gasteiger partial charge in [0.15, 0.2) is 5.82 Å². The van der Waals surface area contributed by atoms with Crippen molar-refractivity contribution in [2.24, 2.45) is 7.05 Å².